The number of ether oxygens (including phenoxy) is 1. The summed E-state index contributed by atoms with van der Waals surface area (Å²) in [4.78, 5) is 11.0. The number of carboxylic acids is 1. The molecule has 0 bridgehead atoms. The van der Waals surface area contributed by atoms with Crippen LogP contribution in [0.25, 0.3) is 0 Å². The summed E-state index contributed by atoms with van der Waals surface area (Å²) in [6, 6.07) is 9.31. The van der Waals surface area contributed by atoms with E-state index in [2.05, 4.69) is 6.92 Å². The molecule has 1 aromatic heterocycles. The van der Waals surface area contributed by atoms with Crippen molar-refractivity contribution >= 4 is 17.3 Å². The van der Waals surface area contributed by atoms with Crippen LogP contribution in [-0.4, -0.2) is 11.1 Å². The molecule has 1 heterocycles. The molecule has 3 nitrogen and oxygen atoms in total. The Kier molecular flexibility index (Phi) is 3.44. The number of thiophene rings is 1. The third-order valence-electron chi connectivity index (χ3n) is 2.33. The summed E-state index contributed by atoms with van der Waals surface area (Å²) in [7, 11) is 0. The van der Waals surface area contributed by atoms with Crippen molar-refractivity contribution in [1.82, 2.24) is 0 Å². The lowest BCUT2D eigenvalue weighted by Gasteiger charge is -2.04. The minimum absolute atomic E-state index is 0.284. The first-order chi connectivity index (χ1) is 8.19. The van der Waals surface area contributed by atoms with Crippen LogP contribution in [0.5, 0.6) is 11.5 Å². The Hall–Kier alpha value is -1.81. The van der Waals surface area contributed by atoms with Crippen LogP contribution in [-0.2, 0) is 6.42 Å². The average molecular weight is 248 g/mol. The molecule has 1 N–H and O–H groups in total. The van der Waals surface area contributed by atoms with E-state index in [4.69, 9.17) is 9.84 Å². The molecular weight excluding hydrogens is 236 g/mol. The number of hydrogen-bond acceptors (Lipinski definition) is 3. The highest BCUT2D eigenvalue weighted by atomic mass is 32.1. The molecule has 4 heteroatoms. The second-order valence-corrected chi connectivity index (χ2v) is 4.47. The monoisotopic (exact) mass is 248 g/mol. The number of benzene rings is 1. The topological polar surface area (TPSA) is 46.5 Å². The van der Waals surface area contributed by atoms with Gasteiger partial charge in [-0.1, -0.05) is 19.1 Å². The Morgan fingerprint density at radius 2 is 2.18 bits per heavy atom. The van der Waals surface area contributed by atoms with E-state index >= 15 is 0 Å². The van der Waals surface area contributed by atoms with Gasteiger partial charge in [0.15, 0.2) is 0 Å². The molecule has 2 aromatic rings. The lowest BCUT2D eigenvalue weighted by Crippen LogP contribution is -1.90. The summed E-state index contributed by atoms with van der Waals surface area (Å²) < 4.78 is 5.60. The molecule has 0 saturated carbocycles. The largest absolute Gasteiger partial charge is 0.477 e. The van der Waals surface area contributed by atoms with Crippen LogP contribution in [0.1, 0.15) is 22.2 Å². The van der Waals surface area contributed by atoms with Gasteiger partial charge in [0.1, 0.15) is 16.4 Å². The summed E-state index contributed by atoms with van der Waals surface area (Å²) in [5, 5.41) is 10.5. The van der Waals surface area contributed by atoms with Crippen LogP contribution in [0.2, 0.25) is 0 Å². The molecule has 0 aliphatic carbocycles. The Labute approximate surface area is 103 Å². The van der Waals surface area contributed by atoms with E-state index in [1.807, 2.05) is 24.3 Å². The second-order valence-electron chi connectivity index (χ2n) is 3.55. The van der Waals surface area contributed by atoms with E-state index in [9.17, 15) is 4.79 Å². The normalized spacial score (nSPS) is 10.2. The van der Waals surface area contributed by atoms with E-state index < -0.39 is 5.97 Å². The highest BCUT2D eigenvalue weighted by Crippen LogP contribution is 2.27. The van der Waals surface area contributed by atoms with Gasteiger partial charge >= 0.3 is 5.97 Å². The van der Waals surface area contributed by atoms with Crippen molar-refractivity contribution in [2.75, 3.05) is 0 Å². The third-order valence-corrected chi connectivity index (χ3v) is 3.23. The molecule has 0 fully saturated rings. The first-order valence-electron chi connectivity index (χ1n) is 5.27. The van der Waals surface area contributed by atoms with Crippen molar-refractivity contribution in [2.45, 2.75) is 13.3 Å². The van der Waals surface area contributed by atoms with Gasteiger partial charge in [-0.05, 0) is 24.1 Å². The summed E-state index contributed by atoms with van der Waals surface area (Å²) in [6.07, 6.45) is 0.946. The summed E-state index contributed by atoms with van der Waals surface area (Å²) in [5.74, 6) is 0.381. The summed E-state index contributed by atoms with van der Waals surface area (Å²) in [5.41, 5.74) is 1.19. The van der Waals surface area contributed by atoms with E-state index in [-0.39, 0.29) is 4.88 Å². The highest BCUT2D eigenvalue weighted by molar-refractivity contribution is 7.12. The molecule has 0 saturated heterocycles. The quantitative estimate of drug-likeness (QED) is 0.895. The highest BCUT2D eigenvalue weighted by Gasteiger charge is 2.08. The zero-order valence-electron chi connectivity index (χ0n) is 9.34. The van der Waals surface area contributed by atoms with Crippen LogP contribution >= 0.6 is 11.3 Å². The molecule has 88 valence electrons. The standard InChI is InChI=1S/C13H12O3S/c1-2-9-4-3-5-10(6-9)16-11-7-12(13(14)15)17-8-11/h3-8H,2H2,1H3,(H,14,15). The van der Waals surface area contributed by atoms with Crippen LogP contribution in [0.15, 0.2) is 35.7 Å². The molecule has 0 atom stereocenters. The maximum atomic E-state index is 10.7. The van der Waals surface area contributed by atoms with E-state index in [1.54, 1.807) is 5.38 Å². The molecule has 0 spiro atoms. The predicted octanol–water partition coefficient (Wildman–Crippen LogP) is 3.80. The molecular formula is C13H12O3S. The predicted molar refractivity (Wildman–Crippen MR) is 67.2 cm³/mol. The fourth-order valence-electron chi connectivity index (χ4n) is 1.45. The van der Waals surface area contributed by atoms with Crippen LogP contribution in [0, 0.1) is 0 Å². The first-order valence-corrected chi connectivity index (χ1v) is 6.15. The van der Waals surface area contributed by atoms with Crippen molar-refractivity contribution < 1.29 is 14.6 Å². The fraction of sp³-hybridized carbons (Fsp3) is 0.154. The zero-order chi connectivity index (χ0) is 12.3. The molecule has 17 heavy (non-hydrogen) atoms. The molecule has 0 unspecified atom stereocenters. The van der Waals surface area contributed by atoms with Crippen molar-refractivity contribution in [3.05, 3.63) is 46.2 Å². The van der Waals surface area contributed by atoms with Gasteiger partial charge in [0.25, 0.3) is 0 Å². The van der Waals surface area contributed by atoms with Crippen LogP contribution in [0.4, 0.5) is 0 Å². The lowest BCUT2D eigenvalue weighted by molar-refractivity contribution is 0.0702. The number of aromatic carboxylic acids is 1. The first kappa shape index (κ1) is 11.7. The number of rotatable bonds is 4. The van der Waals surface area contributed by atoms with Gasteiger partial charge in [-0.25, -0.2) is 4.79 Å². The van der Waals surface area contributed by atoms with Gasteiger partial charge in [0, 0.05) is 11.4 Å². The number of hydrogen-bond donors (Lipinski definition) is 1. The Morgan fingerprint density at radius 1 is 1.35 bits per heavy atom. The molecule has 0 radical (unpaired) electrons. The SMILES string of the molecule is CCc1cccc(Oc2csc(C(=O)O)c2)c1. The molecule has 2 rings (SSSR count). The van der Waals surface area contributed by atoms with E-state index in [0.717, 1.165) is 23.5 Å². The number of carbonyl (C=O) groups is 1. The molecule has 1 aromatic carbocycles. The van der Waals surface area contributed by atoms with Crippen LogP contribution < -0.4 is 4.74 Å². The smallest absolute Gasteiger partial charge is 0.346 e. The van der Waals surface area contributed by atoms with Gasteiger partial charge in [0.2, 0.25) is 0 Å². The van der Waals surface area contributed by atoms with Crippen molar-refractivity contribution in [1.29, 1.82) is 0 Å². The van der Waals surface area contributed by atoms with Gasteiger partial charge in [-0.15, -0.1) is 11.3 Å². The van der Waals surface area contributed by atoms with Crippen molar-refractivity contribution in [3.8, 4) is 11.5 Å². The van der Waals surface area contributed by atoms with Gasteiger partial charge in [0.05, 0.1) is 0 Å². The van der Waals surface area contributed by atoms with E-state index in [0.29, 0.717) is 5.75 Å². The maximum absolute atomic E-state index is 10.7. The minimum atomic E-state index is -0.924. The van der Waals surface area contributed by atoms with Crippen molar-refractivity contribution in [3.63, 3.8) is 0 Å². The number of carboxylic acid groups (broad SMARTS) is 1. The summed E-state index contributed by atoms with van der Waals surface area (Å²) >= 11 is 1.16. The average Bonchev–Trinajstić information content (AvgIpc) is 2.78. The molecule has 0 aliphatic rings. The zero-order valence-corrected chi connectivity index (χ0v) is 10.2. The number of aryl methyl sites for hydroxylation is 1. The Morgan fingerprint density at radius 3 is 2.82 bits per heavy atom. The van der Waals surface area contributed by atoms with Gasteiger partial charge in [-0.2, -0.15) is 0 Å². The Bertz CT molecular complexity index is 531. The van der Waals surface area contributed by atoms with E-state index in [1.165, 1.54) is 11.6 Å². The lowest BCUT2D eigenvalue weighted by atomic mass is 10.2. The fourth-order valence-corrected chi connectivity index (χ4v) is 2.09. The van der Waals surface area contributed by atoms with Gasteiger partial charge in [-0.3, -0.25) is 0 Å². The second kappa shape index (κ2) is 5.01. The Balaban J connectivity index is 2.16. The van der Waals surface area contributed by atoms with Crippen LogP contribution in [0.3, 0.4) is 0 Å². The minimum Gasteiger partial charge on any atom is -0.477 e. The molecule has 0 aliphatic heterocycles. The van der Waals surface area contributed by atoms with Gasteiger partial charge < -0.3 is 9.84 Å². The summed E-state index contributed by atoms with van der Waals surface area (Å²) in [6.45, 7) is 2.08. The molecule has 0 amide bonds. The van der Waals surface area contributed by atoms with Crippen molar-refractivity contribution in [2.24, 2.45) is 0 Å². The third kappa shape index (κ3) is 2.85. The maximum Gasteiger partial charge on any atom is 0.346 e.